The lowest BCUT2D eigenvalue weighted by molar-refractivity contribution is -0.272. The van der Waals surface area contributed by atoms with Crippen LogP contribution < -0.4 is 5.32 Å². The van der Waals surface area contributed by atoms with Crippen molar-refractivity contribution in [1.82, 2.24) is 0 Å². The summed E-state index contributed by atoms with van der Waals surface area (Å²) in [5.41, 5.74) is 0.410. The maximum absolute atomic E-state index is 12.4. The summed E-state index contributed by atoms with van der Waals surface area (Å²) in [5.74, 6) is -6.24. The van der Waals surface area contributed by atoms with Crippen LogP contribution in [0.5, 0.6) is 0 Å². The molecule has 1 N–H and O–H groups in total. The number of amides is 1. The Hall–Kier alpha value is -1.25. The van der Waals surface area contributed by atoms with E-state index in [4.69, 9.17) is 0 Å². The average Bonchev–Trinajstić information content (AvgIpc) is 2.18. The van der Waals surface area contributed by atoms with E-state index in [-0.39, 0.29) is 10.2 Å². The second-order valence-corrected chi connectivity index (χ2v) is 4.84. The lowest BCUT2D eigenvalue weighted by Gasteiger charge is -2.22. The van der Waals surface area contributed by atoms with Gasteiger partial charge in [-0.1, -0.05) is 6.07 Å². The number of anilines is 1. The van der Waals surface area contributed by atoms with Crippen molar-refractivity contribution in [2.45, 2.75) is 19.3 Å². The number of halogens is 7. The van der Waals surface area contributed by atoms with Gasteiger partial charge in [-0.05, 0) is 40.5 Å². The zero-order valence-electron chi connectivity index (χ0n) is 9.86. The number of hydrogen-bond acceptors (Lipinski definition) is 1. The molecule has 1 rings (SSSR count). The summed E-state index contributed by atoms with van der Waals surface area (Å²) in [6.45, 7) is 1.58. The first kappa shape index (κ1) is 16.8. The first-order valence-corrected chi connectivity index (χ1v) is 5.92. The molecule has 0 aromatic heterocycles. The zero-order valence-corrected chi connectivity index (χ0v) is 11.4. The SMILES string of the molecule is Cc1ccc(Br)c(NC(=O)C(C(F)(F)F)C(F)(F)F)c1. The minimum absolute atomic E-state index is 0.159. The monoisotopic (exact) mass is 363 g/mol. The molecule has 1 amide bonds. The van der Waals surface area contributed by atoms with E-state index in [1.165, 1.54) is 12.1 Å². The highest BCUT2D eigenvalue weighted by Gasteiger charge is 2.61. The number of rotatable bonds is 2. The third-order valence-corrected chi connectivity index (χ3v) is 2.99. The van der Waals surface area contributed by atoms with E-state index < -0.39 is 24.2 Å². The molecule has 0 aliphatic carbocycles. The molecule has 0 heterocycles. The third kappa shape index (κ3) is 4.12. The second kappa shape index (κ2) is 5.63. The molecular weight excluding hydrogens is 356 g/mol. The summed E-state index contributed by atoms with van der Waals surface area (Å²) in [6, 6.07) is 4.23. The van der Waals surface area contributed by atoms with Crippen molar-refractivity contribution in [1.29, 1.82) is 0 Å². The van der Waals surface area contributed by atoms with E-state index in [2.05, 4.69) is 15.9 Å². The highest BCUT2D eigenvalue weighted by molar-refractivity contribution is 9.10. The molecule has 112 valence electrons. The minimum atomic E-state index is -5.71. The van der Waals surface area contributed by atoms with Crippen LogP contribution in [-0.4, -0.2) is 18.3 Å². The van der Waals surface area contributed by atoms with Gasteiger partial charge in [-0.3, -0.25) is 4.79 Å². The number of carbonyl (C=O) groups is 1. The Labute approximate surface area is 118 Å². The standard InChI is InChI=1S/C11H8BrF6NO/c1-5-2-3-6(12)7(4-5)19-9(20)8(10(13,14)15)11(16,17)18/h2-4,8H,1H3,(H,19,20). The molecule has 0 radical (unpaired) electrons. The zero-order chi connectivity index (χ0) is 15.7. The van der Waals surface area contributed by atoms with Gasteiger partial charge in [0.2, 0.25) is 11.8 Å². The van der Waals surface area contributed by atoms with Crippen LogP contribution in [0.1, 0.15) is 5.56 Å². The quantitative estimate of drug-likeness (QED) is 0.773. The number of carbonyl (C=O) groups excluding carboxylic acids is 1. The van der Waals surface area contributed by atoms with E-state index in [0.717, 1.165) is 0 Å². The van der Waals surface area contributed by atoms with Crippen LogP contribution in [0.3, 0.4) is 0 Å². The Morgan fingerprint density at radius 3 is 2.10 bits per heavy atom. The predicted octanol–water partition coefficient (Wildman–Crippen LogP) is 4.44. The van der Waals surface area contributed by atoms with Gasteiger partial charge in [0.15, 0.2) is 0 Å². The van der Waals surface area contributed by atoms with Gasteiger partial charge in [0.05, 0.1) is 5.69 Å². The summed E-state index contributed by atoms with van der Waals surface area (Å²) in [6.07, 6.45) is -11.4. The van der Waals surface area contributed by atoms with Crippen molar-refractivity contribution in [2.24, 2.45) is 5.92 Å². The molecule has 9 heteroatoms. The predicted molar refractivity (Wildman–Crippen MR) is 63.1 cm³/mol. The first-order chi connectivity index (χ1) is 8.93. The maximum Gasteiger partial charge on any atom is 0.409 e. The Morgan fingerprint density at radius 1 is 1.15 bits per heavy atom. The van der Waals surface area contributed by atoms with Gasteiger partial charge in [0.1, 0.15) is 0 Å². The molecule has 0 atom stereocenters. The maximum atomic E-state index is 12.4. The van der Waals surface area contributed by atoms with E-state index in [1.54, 1.807) is 18.3 Å². The van der Waals surface area contributed by atoms with Gasteiger partial charge in [0, 0.05) is 4.47 Å². The summed E-state index contributed by atoms with van der Waals surface area (Å²) < 4.78 is 74.3. The molecule has 2 nitrogen and oxygen atoms in total. The van der Waals surface area contributed by atoms with Crippen molar-refractivity contribution in [3.63, 3.8) is 0 Å². The van der Waals surface area contributed by atoms with Gasteiger partial charge in [-0.25, -0.2) is 0 Å². The lowest BCUT2D eigenvalue weighted by Crippen LogP contribution is -2.45. The molecule has 1 aromatic rings. The van der Waals surface area contributed by atoms with Crippen LogP contribution in [-0.2, 0) is 4.79 Å². The van der Waals surface area contributed by atoms with Crippen molar-refractivity contribution in [2.75, 3.05) is 5.32 Å². The number of nitrogens with one attached hydrogen (secondary N) is 1. The van der Waals surface area contributed by atoms with E-state index in [1.807, 2.05) is 0 Å². The molecule has 0 spiro atoms. The fraction of sp³-hybridized carbons (Fsp3) is 0.364. The molecule has 0 bridgehead atoms. The van der Waals surface area contributed by atoms with Gasteiger partial charge in [-0.2, -0.15) is 26.3 Å². The van der Waals surface area contributed by atoms with Crippen molar-refractivity contribution in [3.05, 3.63) is 28.2 Å². The van der Waals surface area contributed by atoms with E-state index >= 15 is 0 Å². The van der Waals surface area contributed by atoms with E-state index in [0.29, 0.717) is 5.56 Å². The van der Waals surface area contributed by atoms with Crippen LogP contribution >= 0.6 is 15.9 Å². The van der Waals surface area contributed by atoms with Gasteiger partial charge >= 0.3 is 12.4 Å². The minimum Gasteiger partial charge on any atom is -0.324 e. The fourth-order valence-corrected chi connectivity index (χ4v) is 1.77. The average molecular weight is 364 g/mol. The van der Waals surface area contributed by atoms with E-state index in [9.17, 15) is 31.1 Å². The molecular formula is C11H8BrF6NO. The number of hydrogen-bond donors (Lipinski definition) is 1. The Morgan fingerprint density at radius 2 is 1.65 bits per heavy atom. The molecule has 0 saturated heterocycles. The van der Waals surface area contributed by atoms with Crippen LogP contribution in [0, 0.1) is 12.8 Å². The smallest absolute Gasteiger partial charge is 0.324 e. The molecule has 1 aromatic carbocycles. The highest BCUT2D eigenvalue weighted by atomic mass is 79.9. The van der Waals surface area contributed by atoms with Crippen molar-refractivity contribution >= 4 is 27.5 Å². The Bertz CT molecular complexity index is 497. The molecule has 0 fully saturated rings. The molecule has 20 heavy (non-hydrogen) atoms. The van der Waals surface area contributed by atoms with Gasteiger partial charge < -0.3 is 5.32 Å². The Kier molecular flexibility index (Phi) is 4.73. The lowest BCUT2D eigenvalue weighted by atomic mass is 10.1. The normalized spacial score (nSPS) is 12.7. The summed E-state index contributed by atoms with van der Waals surface area (Å²) in [7, 11) is 0. The first-order valence-electron chi connectivity index (χ1n) is 5.13. The van der Waals surface area contributed by atoms with Crippen LogP contribution in [0.15, 0.2) is 22.7 Å². The van der Waals surface area contributed by atoms with Crippen LogP contribution in [0.25, 0.3) is 0 Å². The Balaban J connectivity index is 3.07. The number of alkyl halides is 6. The molecule has 0 saturated carbocycles. The number of aryl methyl sites for hydroxylation is 1. The van der Waals surface area contributed by atoms with Crippen molar-refractivity contribution in [3.8, 4) is 0 Å². The van der Waals surface area contributed by atoms with Crippen molar-refractivity contribution < 1.29 is 31.1 Å². The largest absolute Gasteiger partial charge is 0.409 e. The molecule has 0 unspecified atom stereocenters. The van der Waals surface area contributed by atoms with Crippen LogP contribution in [0.2, 0.25) is 0 Å². The third-order valence-electron chi connectivity index (χ3n) is 2.30. The fourth-order valence-electron chi connectivity index (χ4n) is 1.42. The molecule has 0 aliphatic rings. The summed E-state index contributed by atoms with van der Waals surface area (Å²) in [5, 5.41) is 1.64. The summed E-state index contributed by atoms with van der Waals surface area (Å²) >= 11 is 2.93. The summed E-state index contributed by atoms with van der Waals surface area (Å²) in [4.78, 5) is 11.3. The van der Waals surface area contributed by atoms with Gasteiger partial charge in [0.25, 0.3) is 0 Å². The van der Waals surface area contributed by atoms with Gasteiger partial charge in [-0.15, -0.1) is 0 Å². The topological polar surface area (TPSA) is 29.1 Å². The van der Waals surface area contributed by atoms with Crippen LogP contribution in [0.4, 0.5) is 32.0 Å². The second-order valence-electron chi connectivity index (χ2n) is 3.99. The molecule has 0 aliphatic heterocycles. The highest BCUT2D eigenvalue weighted by Crippen LogP contribution is 2.40. The number of benzene rings is 1.